The van der Waals surface area contributed by atoms with Crippen molar-refractivity contribution in [2.75, 3.05) is 20.2 Å². The van der Waals surface area contributed by atoms with Crippen molar-refractivity contribution in [3.63, 3.8) is 0 Å². The summed E-state index contributed by atoms with van der Waals surface area (Å²) in [7, 11) is 1.75. The highest BCUT2D eigenvalue weighted by Crippen LogP contribution is 2.23. The Balaban J connectivity index is 3.05. The molecule has 1 saturated heterocycles. The first-order chi connectivity index (χ1) is 16.5. The number of esters is 1. The van der Waals surface area contributed by atoms with E-state index in [0.717, 1.165) is 45.1 Å². The Morgan fingerprint density at radius 1 is 1.09 bits per heavy atom. The van der Waals surface area contributed by atoms with Crippen molar-refractivity contribution in [3.05, 3.63) is 11.6 Å². The molecule has 0 radical (unpaired) electrons. The lowest BCUT2D eigenvalue weighted by atomic mass is 9.95. The van der Waals surface area contributed by atoms with Crippen molar-refractivity contribution in [3.8, 4) is 0 Å². The second kappa shape index (κ2) is 15.3. The lowest BCUT2D eigenvalue weighted by molar-refractivity contribution is -0.140. The number of ether oxygens (including phenoxy) is 1. The molecule has 2 amide bonds. The monoisotopic (exact) mass is 493 g/mol. The van der Waals surface area contributed by atoms with E-state index in [1.807, 2.05) is 27.7 Å². The summed E-state index contributed by atoms with van der Waals surface area (Å²) in [5, 5.41) is 3.11. The van der Waals surface area contributed by atoms with E-state index < -0.39 is 6.04 Å². The molecule has 7 heteroatoms. The Kier molecular flexibility index (Phi) is 13.6. The summed E-state index contributed by atoms with van der Waals surface area (Å²) in [6, 6.07) is -0.755. The molecular weight excluding hydrogens is 442 g/mol. The predicted octanol–water partition coefficient (Wildman–Crippen LogP) is 4.55. The van der Waals surface area contributed by atoms with E-state index in [1.54, 1.807) is 31.9 Å². The van der Waals surface area contributed by atoms with Gasteiger partial charge in [0.15, 0.2) is 0 Å². The van der Waals surface area contributed by atoms with Crippen LogP contribution in [-0.4, -0.2) is 72.0 Å². The van der Waals surface area contributed by atoms with Crippen LogP contribution < -0.4 is 5.32 Å². The van der Waals surface area contributed by atoms with Crippen LogP contribution in [0.4, 0.5) is 0 Å². The van der Waals surface area contributed by atoms with E-state index in [4.69, 9.17) is 4.74 Å². The zero-order valence-corrected chi connectivity index (χ0v) is 23.7. The van der Waals surface area contributed by atoms with Crippen molar-refractivity contribution < 1.29 is 19.1 Å². The minimum Gasteiger partial charge on any atom is -0.463 e. The van der Waals surface area contributed by atoms with Gasteiger partial charge in [0.2, 0.25) is 11.8 Å². The van der Waals surface area contributed by atoms with Crippen molar-refractivity contribution in [2.45, 2.75) is 118 Å². The second-order valence-corrected chi connectivity index (χ2v) is 10.7. The van der Waals surface area contributed by atoms with E-state index in [2.05, 4.69) is 24.1 Å². The first-order valence-corrected chi connectivity index (χ1v) is 13.6. The van der Waals surface area contributed by atoms with Crippen molar-refractivity contribution in [1.82, 2.24) is 15.1 Å². The molecular formula is C28H51N3O4. The molecule has 1 aliphatic heterocycles. The summed E-state index contributed by atoms with van der Waals surface area (Å²) in [6.07, 6.45) is 8.15. The van der Waals surface area contributed by atoms with Gasteiger partial charge < -0.3 is 15.0 Å². The number of unbranched alkanes of at least 4 members (excludes halogenated alkanes) is 1. The lowest BCUT2D eigenvalue weighted by Crippen LogP contribution is -2.59. The maximum Gasteiger partial charge on any atom is 0.333 e. The molecule has 2 unspecified atom stereocenters. The van der Waals surface area contributed by atoms with Crippen LogP contribution in [0.25, 0.3) is 0 Å². The fourth-order valence-corrected chi connectivity index (χ4v) is 4.88. The van der Waals surface area contributed by atoms with Crippen LogP contribution >= 0.6 is 0 Å². The smallest absolute Gasteiger partial charge is 0.333 e. The first-order valence-electron chi connectivity index (χ1n) is 13.6. The van der Waals surface area contributed by atoms with Gasteiger partial charge in [-0.05, 0) is 58.4 Å². The molecule has 4 atom stereocenters. The van der Waals surface area contributed by atoms with Crippen LogP contribution in [0.1, 0.15) is 93.9 Å². The van der Waals surface area contributed by atoms with E-state index in [0.29, 0.717) is 18.2 Å². The number of nitrogens with one attached hydrogen (secondary N) is 1. The highest BCUT2D eigenvalue weighted by Gasteiger charge is 2.36. The lowest BCUT2D eigenvalue weighted by Gasteiger charge is -2.40. The van der Waals surface area contributed by atoms with Gasteiger partial charge in [0.05, 0.1) is 18.7 Å². The van der Waals surface area contributed by atoms with Gasteiger partial charge in [-0.3, -0.25) is 14.5 Å². The first kappa shape index (κ1) is 31.1. The van der Waals surface area contributed by atoms with Gasteiger partial charge in [-0.15, -0.1) is 0 Å². The van der Waals surface area contributed by atoms with E-state index in [1.165, 1.54) is 0 Å². The average molecular weight is 494 g/mol. The highest BCUT2D eigenvalue weighted by molar-refractivity contribution is 5.91. The molecule has 0 spiro atoms. The fraction of sp³-hybridized carbons (Fsp3) is 0.821. The number of hydrogen-bond acceptors (Lipinski definition) is 5. The SMILES string of the molecule is CCCCC(C)N1CCCCC1C(=O)N[C@H](C(=O)N(C)[C@H](C=C(C)C(=O)OCC)C(C)C)C(C)C. The Bertz CT molecular complexity index is 719. The summed E-state index contributed by atoms with van der Waals surface area (Å²) in [4.78, 5) is 43.3. The quantitative estimate of drug-likeness (QED) is 0.301. The van der Waals surface area contributed by atoms with Crippen LogP contribution in [0.15, 0.2) is 11.6 Å². The third-order valence-electron chi connectivity index (χ3n) is 7.11. The minimum atomic E-state index is -0.625. The Labute approximate surface area is 214 Å². The van der Waals surface area contributed by atoms with Crippen LogP contribution in [0.2, 0.25) is 0 Å². The number of nitrogens with zero attached hydrogens (tertiary/aromatic N) is 2. The van der Waals surface area contributed by atoms with Gasteiger partial charge in [-0.2, -0.15) is 0 Å². The van der Waals surface area contributed by atoms with Gasteiger partial charge >= 0.3 is 5.97 Å². The van der Waals surface area contributed by atoms with Gasteiger partial charge in [0, 0.05) is 18.7 Å². The number of hydrogen-bond donors (Lipinski definition) is 1. The molecule has 1 heterocycles. The van der Waals surface area contributed by atoms with E-state index in [-0.39, 0.29) is 41.7 Å². The molecule has 1 rings (SSSR count). The Hall–Kier alpha value is -1.89. The number of likely N-dealkylation sites (N-methyl/N-ethyl adjacent to an activating group) is 1. The minimum absolute atomic E-state index is 0.0483. The standard InChI is InChI=1S/C28H51N3O4/c1-10-12-15-22(8)31-17-14-13-16-23(31)26(32)29-25(20(5)6)27(33)30(9)24(19(3)4)18-21(7)28(34)35-11-2/h18-20,22-25H,10-17H2,1-9H3,(H,29,32)/t22?,23?,24-,25+/m1/s1. The fourth-order valence-electron chi connectivity index (χ4n) is 4.88. The largest absolute Gasteiger partial charge is 0.463 e. The maximum atomic E-state index is 13.6. The van der Waals surface area contributed by atoms with E-state index >= 15 is 0 Å². The molecule has 0 bridgehead atoms. The molecule has 1 aliphatic rings. The number of likely N-dealkylation sites (tertiary alicyclic amines) is 1. The molecule has 0 aromatic rings. The molecule has 1 fully saturated rings. The summed E-state index contributed by atoms with van der Waals surface area (Å²) in [5.74, 6) is -0.534. The molecule has 35 heavy (non-hydrogen) atoms. The summed E-state index contributed by atoms with van der Waals surface area (Å²) in [6.45, 7) is 17.1. The summed E-state index contributed by atoms with van der Waals surface area (Å²) < 4.78 is 5.11. The molecule has 202 valence electrons. The third kappa shape index (κ3) is 9.25. The normalized spacial score (nSPS) is 19.9. The third-order valence-corrected chi connectivity index (χ3v) is 7.11. The van der Waals surface area contributed by atoms with Gasteiger partial charge in [-0.25, -0.2) is 4.79 Å². The summed E-state index contributed by atoms with van der Waals surface area (Å²) >= 11 is 0. The van der Waals surface area contributed by atoms with Gasteiger partial charge in [0.25, 0.3) is 0 Å². The highest BCUT2D eigenvalue weighted by atomic mass is 16.5. The van der Waals surface area contributed by atoms with Crippen LogP contribution in [0, 0.1) is 11.8 Å². The summed E-state index contributed by atoms with van der Waals surface area (Å²) in [5.41, 5.74) is 0.481. The maximum absolute atomic E-state index is 13.6. The van der Waals surface area contributed by atoms with E-state index in [9.17, 15) is 14.4 Å². The van der Waals surface area contributed by atoms with Gasteiger partial charge in [0.1, 0.15) is 6.04 Å². The van der Waals surface area contributed by atoms with Crippen molar-refractivity contribution >= 4 is 17.8 Å². The zero-order valence-electron chi connectivity index (χ0n) is 23.7. The number of amides is 2. The number of rotatable bonds is 13. The zero-order chi connectivity index (χ0) is 26.7. The molecule has 0 aromatic carbocycles. The Morgan fingerprint density at radius 2 is 1.74 bits per heavy atom. The molecule has 0 aromatic heterocycles. The predicted molar refractivity (Wildman–Crippen MR) is 142 cm³/mol. The van der Waals surface area contributed by atoms with Gasteiger partial charge in [-0.1, -0.05) is 60.0 Å². The molecule has 7 nitrogen and oxygen atoms in total. The Morgan fingerprint density at radius 3 is 2.29 bits per heavy atom. The molecule has 1 N–H and O–H groups in total. The average Bonchev–Trinajstić information content (AvgIpc) is 2.82. The van der Waals surface area contributed by atoms with Crippen molar-refractivity contribution in [1.29, 1.82) is 0 Å². The van der Waals surface area contributed by atoms with Crippen molar-refractivity contribution in [2.24, 2.45) is 11.8 Å². The number of piperidine rings is 1. The molecule has 0 saturated carbocycles. The van der Waals surface area contributed by atoms with Crippen LogP contribution in [0.3, 0.4) is 0 Å². The number of carbonyl (C=O) groups excluding carboxylic acids is 3. The van der Waals surface area contributed by atoms with Crippen LogP contribution in [0.5, 0.6) is 0 Å². The number of carbonyl (C=O) groups is 3. The second-order valence-electron chi connectivity index (χ2n) is 10.7. The molecule has 0 aliphatic carbocycles. The topological polar surface area (TPSA) is 79.0 Å². The van der Waals surface area contributed by atoms with Crippen LogP contribution in [-0.2, 0) is 19.1 Å².